The Morgan fingerprint density at radius 1 is 1.20 bits per heavy atom. The van der Waals surface area contributed by atoms with Gasteiger partial charge in [-0.25, -0.2) is 14.2 Å². The van der Waals surface area contributed by atoms with Crippen molar-refractivity contribution in [3.63, 3.8) is 0 Å². The van der Waals surface area contributed by atoms with Crippen LogP contribution in [0.5, 0.6) is 0 Å². The third-order valence-corrected chi connectivity index (χ3v) is 6.71. The van der Waals surface area contributed by atoms with Crippen LogP contribution in [0.15, 0.2) is 32.4 Å². The first-order chi connectivity index (χ1) is 19.1. The van der Waals surface area contributed by atoms with Crippen LogP contribution in [-0.4, -0.2) is 59.8 Å². The van der Waals surface area contributed by atoms with E-state index in [1.54, 1.807) is 36.7 Å². The fraction of sp³-hybridized carbons (Fsp3) is 0.481. The molecule has 1 N–H and O–H groups in total. The van der Waals surface area contributed by atoms with Crippen molar-refractivity contribution >= 4 is 34.2 Å². The van der Waals surface area contributed by atoms with E-state index in [2.05, 4.69) is 27.5 Å². The van der Waals surface area contributed by atoms with Gasteiger partial charge in [0, 0.05) is 26.2 Å². The zero-order valence-corrected chi connectivity index (χ0v) is 23.2. The summed E-state index contributed by atoms with van der Waals surface area (Å²) < 4.78 is 14.5. The summed E-state index contributed by atoms with van der Waals surface area (Å²) >= 11 is 0. The maximum atomic E-state index is 13.8. The number of anilines is 1. The number of carbonyl (C=O) groups excluding carboxylic acids is 1. The Labute approximate surface area is 229 Å². The Balaban J connectivity index is 1.54. The fourth-order valence-corrected chi connectivity index (χ4v) is 4.91. The molecule has 0 radical (unpaired) electrons. The van der Waals surface area contributed by atoms with Crippen molar-refractivity contribution in [3.8, 4) is 11.8 Å². The lowest BCUT2D eigenvalue weighted by Crippen LogP contribution is -2.49. The molecule has 4 aromatic rings. The molecule has 0 saturated carbocycles. The molecule has 0 bridgehead atoms. The summed E-state index contributed by atoms with van der Waals surface area (Å²) in [5.74, 6) is 6.44. The molecule has 1 saturated heterocycles. The van der Waals surface area contributed by atoms with Crippen LogP contribution in [0.3, 0.4) is 0 Å². The average Bonchev–Trinajstić information content (AvgIpc) is 3.52. The smallest absolute Gasteiger partial charge is 0.407 e. The van der Waals surface area contributed by atoms with Crippen LogP contribution < -0.4 is 21.5 Å². The number of carbonyl (C=O) groups is 1. The number of nitrogens with one attached hydrogen (secondary N) is 1. The van der Waals surface area contributed by atoms with Gasteiger partial charge in [-0.3, -0.25) is 18.5 Å². The van der Waals surface area contributed by atoms with Crippen molar-refractivity contribution in [1.82, 2.24) is 34.3 Å². The zero-order valence-electron chi connectivity index (χ0n) is 23.2. The summed E-state index contributed by atoms with van der Waals surface area (Å²) in [6.07, 6.45) is 1.10. The molecule has 1 unspecified atom stereocenters. The molecule has 210 valence electrons. The van der Waals surface area contributed by atoms with Gasteiger partial charge in [-0.1, -0.05) is 12.0 Å². The molecule has 1 amide bonds. The maximum absolute atomic E-state index is 13.8. The summed E-state index contributed by atoms with van der Waals surface area (Å²) in [5.41, 5.74) is 0.825. The van der Waals surface area contributed by atoms with E-state index in [-0.39, 0.29) is 30.3 Å². The Hall–Kier alpha value is -4.60. The first-order valence-electron chi connectivity index (χ1n) is 13.1. The van der Waals surface area contributed by atoms with Gasteiger partial charge in [0.1, 0.15) is 16.6 Å². The number of hydrogen-bond acceptors (Lipinski definition) is 9. The second kappa shape index (κ2) is 10.5. The molecule has 1 aliphatic rings. The molecule has 40 heavy (non-hydrogen) atoms. The number of hydrogen-bond donors (Lipinski definition) is 1. The maximum Gasteiger partial charge on any atom is 0.407 e. The number of ether oxygens (including phenoxy) is 1. The van der Waals surface area contributed by atoms with E-state index in [9.17, 15) is 14.4 Å². The van der Waals surface area contributed by atoms with E-state index >= 15 is 0 Å². The van der Waals surface area contributed by atoms with Gasteiger partial charge in [0.15, 0.2) is 11.2 Å². The number of benzene rings is 1. The van der Waals surface area contributed by atoms with Crippen LogP contribution in [0.4, 0.5) is 10.7 Å². The normalized spacial score (nSPS) is 15.7. The van der Waals surface area contributed by atoms with Crippen LogP contribution in [-0.2, 0) is 24.9 Å². The molecular formula is C27H32N8O5. The predicted octanol–water partition coefficient (Wildman–Crippen LogP) is 2.00. The lowest BCUT2D eigenvalue weighted by atomic mass is 10.1. The average molecular weight is 549 g/mol. The van der Waals surface area contributed by atoms with Crippen LogP contribution in [0.2, 0.25) is 0 Å². The van der Waals surface area contributed by atoms with Gasteiger partial charge in [-0.2, -0.15) is 4.98 Å². The topological polar surface area (TPSA) is 142 Å². The second-order valence-corrected chi connectivity index (χ2v) is 10.8. The highest BCUT2D eigenvalue weighted by Crippen LogP contribution is 2.24. The van der Waals surface area contributed by atoms with Gasteiger partial charge < -0.3 is 15.0 Å². The SMILES string of the molecule is CC#CCn1c(N2CCCC(NC(=O)OC(C)(C)C)C2)nc2c1c(=O)n(Cc1ccc3nonc3c1)c(=O)n2C. The molecule has 5 rings (SSSR count). The molecular weight excluding hydrogens is 516 g/mol. The van der Waals surface area contributed by atoms with E-state index in [1.165, 1.54) is 9.13 Å². The first kappa shape index (κ1) is 27.0. The van der Waals surface area contributed by atoms with Crippen molar-refractivity contribution in [2.75, 3.05) is 18.0 Å². The third kappa shape index (κ3) is 5.29. The van der Waals surface area contributed by atoms with Crippen LogP contribution in [0, 0.1) is 11.8 Å². The first-order valence-corrected chi connectivity index (χ1v) is 13.1. The van der Waals surface area contributed by atoms with Gasteiger partial charge in [-0.15, -0.1) is 5.92 Å². The molecule has 4 heterocycles. The molecule has 13 nitrogen and oxygen atoms in total. The minimum atomic E-state index is -0.604. The molecule has 0 aliphatic carbocycles. The second-order valence-electron chi connectivity index (χ2n) is 10.8. The lowest BCUT2D eigenvalue weighted by molar-refractivity contribution is 0.0499. The summed E-state index contributed by atoms with van der Waals surface area (Å²) in [6.45, 7) is 8.57. The molecule has 1 aliphatic heterocycles. The minimum Gasteiger partial charge on any atom is -0.444 e. The number of rotatable bonds is 5. The van der Waals surface area contributed by atoms with E-state index in [1.807, 2.05) is 25.7 Å². The molecule has 0 spiro atoms. The van der Waals surface area contributed by atoms with Gasteiger partial charge in [0.05, 0.1) is 13.1 Å². The Morgan fingerprint density at radius 3 is 2.73 bits per heavy atom. The van der Waals surface area contributed by atoms with E-state index in [0.717, 1.165) is 12.8 Å². The Morgan fingerprint density at radius 2 is 1.98 bits per heavy atom. The van der Waals surface area contributed by atoms with Crippen molar-refractivity contribution in [2.45, 2.75) is 65.3 Å². The highest BCUT2D eigenvalue weighted by molar-refractivity contribution is 5.75. The number of imidazole rings is 1. The number of amides is 1. The van der Waals surface area contributed by atoms with E-state index in [4.69, 9.17) is 14.3 Å². The molecule has 1 atom stereocenters. The number of fused-ring (bicyclic) bond motifs is 2. The van der Waals surface area contributed by atoms with Crippen molar-refractivity contribution in [1.29, 1.82) is 0 Å². The standard InChI is InChI=1S/C27H32N8O5/c1-6-7-13-34-21-22(29-24(34)33-12-8-9-18(16-33)28-25(37)39-27(2,3)4)32(5)26(38)35(23(21)36)15-17-10-11-19-20(14-17)31-40-30-19/h10-11,14,18H,8-9,12-13,15-16H2,1-5H3,(H,28,37). The molecule has 13 heteroatoms. The van der Waals surface area contributed by atoms with E-state index < -0.39 is 22.9 Å². The zero-order chi connectivity index (χ0) is 28.6. The van der Waals surface area contributed by atoms with Crippen molar-refractivity contribution in [2.24, 2.45) is 7.05 Å². The fourth-order valence-electron chi connectivity index (χ4n) is 4.91. The predicted molar refractivity (Wildman–Crippen MR) is 148 cm³/mol. The highest BCUT2D eigenvalue weighted by atomic mass is 16.6. The van der Waals surface area contributed by atoms with Crippen LogP contribution in [0.1, 0.15) is 46.1 Å². The number of nitrogens with zero attached hydrogens (tertiary/aromatic N) is 7. The lowest BCUT2D eigenvalue weighted by Gasteiger charge is -2.34. The van der Waals surface area contributed by atoms with Gasteiger partial charge in [-0.05, 0) is 68.5 Å². The molecule has 3 aromatic heterocycles. The molecule has 1 aromatic carbocycles. The Bertz CT molecular complexity index is 1760. The highest BCUT2D eigenvalue weighted by Gasteiger charge is 2.29. The Kier molecular flexibility index (Phi) is 7.10. The van der Waals surface area contributed by atoms with Gasteiger partial charge >= 0.3 is 11.8 Å². The minimum absolute atomic E-state index is 0.0375. The summed E-state index contributed by atoms with van der Waals surface area (Å²) in [5, 5.41) is 10.6. The van der Waals surface area contributed by atoms with Crippen molar-refractivity contribution < 1.29 is 14.2 Å². The summed E-state index contributed by atoms with van der Waals surface area (Å²) in [4.78, 5) is 46.4. The van der Waals surface area contributed by atoms with Crippen molar-refractivity contribution in [3.05, 3.63) is 44.6 Å². The number of aromatic nitrogens is 6. The van der Waals surface area contributed by atoms with Crippen LogP contribution >= 0.6 is 0 Å². The monoisotopic (exact) mass is 548 g/mol. The molecule has 1 fully saturated rings. The quantitative estimate of drug-likeness (QED) is 0.371. The van der Waals surface area contributed by atoms with Gasteiger partial charge in [0.25, 0.3) is 5.56 Å². The van der Waals surface area contributed by atoms with Crippen LogP contribution in [0.25, 0.3) is 22.2 Å². The number of piperidine rings is 1. The number of alkyl carbamates (subject to hydrolysis) is 1. The van der Waals surface area contributed by atoms with E-state index in [0.29, 0.717) is 35.6 Å². The third-order valence-electron chi connectivity index (χ3n) is 6.71. The largest absolute Gasteiger partial charge is 0.444 e. The number of aryl methyl sites for hydroxylation is 1. The summed E-state index contributed by atoms with van der Waals surface area (Å²) in [7, 11) is 1.60. The van der Waals surface area contributed by atoms with Gasteiger partial charge in [0.2, 0.25) is 5.95 Å². The summed E-state index contributed by atoms with van der Waals surface area (Å²) in [6, 6.07) is 5.07.